The van der Waals surface area contributed by atoms with Crippen molar-refractivity contribution in [1.82, 2.24) is 0 Å². The Kier molecular flexibility index (Phi) is 15.5. The summed E-state index contributed by atoms with van der Waals surface area (Å²) >= 11 is 0. The normalized spacial score (nSPS) is 12.5. The van der Waals surface area contributed by atoms with E-state index in [1.807, 2.05) is 0 Å². The fourth-order valence-corrected chi connectivity index (χ4v) is 1.59. The number of hydrogen-bond donors (Lipinski definition) is 3. The molecule has 4 nitrogen and oxygen atoms in total. The van der Waals surface area contributed by atoms with Crippen molar-refractivity contribution in [3.8, 4) is 0 Å². The van der Waals surface area contributed by atoms with Crippen LogP contribution in [0.1, 0.15) is 91.9 Å². The Morgan fingerprint density at radius 1 is 1.00 bits per heavy atom. The molecule has 1 atom stereocenters. The molecular formula is C17H37NO3. The molecule has 0 aliphatic rings. The van der Waals surface area contributed by atoms with E-state index in [9.17, 15) is 4.79 Å². The van der Waals surface area contributed by atoms with Gasteiger partial charge >= 0.3 is 5.97 Å². The van der Waals surface area contributed by atoms with Gasteiger partial charge in [0.1, 0.15) is 0 Å². The lowest BCUT2D eigenvalue weighted by atomic mass is 10.0. The van der Waals surface area contributed by atoms with E-state index in [2.05, 4.69) is 6.92 Å². The number of nitrogens with two attached hydrogens (primary N) is 1. The van der Waals surface area contributed by atoms with Gasteiger partial charge in [0.15, 0.2) is 0 Å². The molecule has 0 bridgehead atoms. The van der Waals surface area contributed by atoms with Gasteiger partial charge in [-0.15, -0.1) is 0 Å². The minimum absolute atomic E-state index is 0.343. The molecule has 0 aromatic rings. The third-order valence-electron chi connectivity index (χ3n) is 3.57. The number of hydrogen-bond acceptors (Lipinski definition) is 3. The fraction of sp³-hybridized carbons (Fsp3) is 0.941. The molecule has 0 rings (SSSR count). The molecule has 0 spiro atoms. The van der Waals surface area contributed by atoms with Crippen LogP contribution >= 0.6 is 0 Å². The summed E-state index contributed by atoms with van der Waals surface area (Å²) in [5.74, 6) is -0.659. The third-order valence-corrected chi connectivity index (χ3v) is 3.57. The molecule has 0 aromatic carbocycles. The van der Waals surface area contributed by atoms with Crippen LogP contribution in [0.2, 0.25) is 0 Å². The molecule has 0 aliphatic carbocycles. The highest BCUT2D eigenvalue weighted by Crippen LogP contribution is 2.10. The van der Waals surface area contributed by atoms with Crippen LogP contribution in [-0.4, -0.2) is 27.8 Å². The van der Waals surface area contributed by atoms with Gasteiger partial charge in [-0.3, -0.25) is 4.79 Å². The molecule has 128 valence electrons. The van der Waals surface area contributed by atoms with Gasteiger partial charge in [0.2, 0.25) is 0 Å². The highest BCUT2D eigenvalue weighted by Gasteiger charge is 2.16. The first-order chi connectivity index (χ1) is 9.71. The summed E-state index contributed by atoms with van der Waals surface area (Å²) in [6, 6.07) is 0. The van der Waals surface area contributed by atoms with Gasteiger partial charge in [-0.1, -0.05) is 58.3 Å². The molecule has 0 radical (unpaired) electrons. The Labute approximate surface area is 131 Å². The first-order valence-corrected chi connectivity index (χ1v) is 8.40. The molecule has 0 heterocycles. The van der Waals surface area contributed by atoms with Gasteiger partial charge in [-0.25, -0.2) is 0 Å². The average Bonchev–Trinajstić information content (AvgIpc) is 2.36. The lowest BCUT2D eigenvalue weighted by molar-refractivity contribution is -0.137. The van der Waals surface area contributed by atoms with E-state index in [0.717, 1.165) is 12.8 Å². The number of aliphatic hydroxyl groups is 1. The van der Waals surface area contributed by atoms with Crippen LogP contribution in [0.5, 0.6) is 0 Å². The molecule has 0 aromatic heterocycles. The first-order valence-electron chi connectivity index (χ1n) is 8.40. The first kappa shape index (κ1) is 22.7. The maximum atomic E-state index is 10.2. The van der Waals surface area contributed by atoms with Gasteiger partial charge in [0, 0.05) is 12.0 Å². The van der Waals surface area contributed by atoms with E-state index in [4.69, 9.17) is 15.9 Å². The SMILES string of the molecule is CC(O)C(C)(C)N.CCCCCCCCCCCC(=O)O. The highest BCUT2D eigenvalue weighted by atomic mass is 16.4. The van der Waals surface area contributed by atoms with E-state index in [-0.39, 0.29) is 0 Å². The Balaban J connectivity index is 0. The van der Waals surface area contributed by atoms with Crippen LogP contribution in [0.15, 0.2) is 0 Å². The summed E-state index contributed by atoms with van der Waals surface area (Å²) in [4.78, 5) is 10.2. The zero-order valence-corrected chi connectivity index (χ0v) is 14.5. The molecular weight excluding hydrogens is 266 g/mol. The summed E-state index contributed by atoms with van der Waals surface area (Å²) < 4.78 is 0. The van der Waals surface area contributed by atoms with E-state index < -0.39 is 17.6 Å². The van der Waals surface area contributed by atoms with Crippen LogP contribution in [0, 0.1) is 0 Å². The molecule has 4 heteroatoms. The Morgan fingerprint density at radius 2 is 1.33 bits per heavy atom. The molecule has 0 aliphatic heterocycles. The minimum Gasteiger partial charge on any atom is -0.481 e. The van der Waals surface area contributed by atoms with E-state index in [0.29, 0.717) is 6.42 Å². The lowest BCUT2D eigenvalue weighted by Gasteiger charge is -2.21. The fourth-order valence-electron chi connectivity index (χ4n) is 1.59. The van der Waals surface area contributed by atoms with Gasteiger partial charge in [-0.05, 0) is 27.2 Å². The van der Waals surface area contributed by atoms with E-state index >= 15 is 0 Å². The van der Waals surface area contributed by atoms with Crippen molar-refractivity contribution in [3.63, 3.8) is 0 Å². The summed E-state index contributed by atoms with van der Waals surface area (Å²) in [6.45, 7) is 7.49. The van der Waals surface area contributed by atoms with Crippen LogP contribution in [-0.2, 0) is 4.79 Å². The molecule has 0 fully saturated rings. The average molecular weight is 303 g/mol. The van der Waals surface area contributed by atoms with Crippen molar-refractivity contribution in [1.29, 1.82) is 0 Å². The summed E-state index contributed by atoms with van der Waals surface area (Å²) in [5.41, 5.74) is 4.98. The zero-order valence-electron chi connectivity index (χ0n) is 14.5. The second-order valence-corrected chi connectivity index (χ2v) is 6.47. The zero-order chi connectivity index (χ0) is 16.7. The van der Waals surface area contributed by atoms with Gasteiger partial charge in [0.25, 0.3) is 0 Å². The summed E-state index contributed by atoms with van der Waals surface area (Å²) in [7, 11) is 0. The van der Waals surface area contributed by atoms with Crippen molar-refractivity contribution >= 4 is 5.97 Å². The van der Waals surface area contributed by atoms with Crippen molar-refractivity contribution in [2.24, 2.45) is 5.73 Å². The second-order valence-electron chi connectivity index (χ2n) is 6.47. The largest absolute Gasteiger partial charge is 0.481 e. The van der Waals surface area contributed by atoms with E-state index in [1.54, 1.807) is 20.8 Å². The third kappa shape index (κ3) is 21.8. The van der Waals surface area contributed by atoms with E-state index in [1.165, 1.54) is 44.9 Å². The number of aliphatic carboxylic acids is 1. The molecule has 21 heavy (non-hydrogen) atoms. The number of carboxylic acids is 1. The smallest absolute Gasteiger partial charge is 0.303 e. The molecule has 0 saturated heterocycles. The van der Waals surface area contributed by atoms with Crippen LogP contribution in [0.4, 0.5) is 0 Å². The Hall–Kier alpha value is -0.610. The minimum atomic E-state index is -0.659. The van der Waals surface area contributed by atoms with Crippen molar-refractivity contribution in [3.05, 3.63) is 0 Å². The summed E-state index contributed by atoms with van der Waals surface area (Å²) in [5, 5.41) is 17.2. The second kappa shape index (κ2) is 14.3. The predicted octanol–water partition coefficient (Wildman–Crippen LogP) is 4.10. The van der Waals surface area contributed by atoms with Crippen molar-refractivity contribution in [2.45, 2.75) is 104 Å². The number of carboxylic acid groups (broad SMARTS) is 1. The molecule has 0 amide bonds. The standard InChI is InChI=1S/C12H24O2.C5H13NO/c1-2-3-4-5-6-7-8-9-10-11-12(13)14;1-4(7)5(2,3)6/h2-11H2,1H3,(H,13,14);4,7H,6H2,1-3H3. The van der Waals surface area contributed by atoms with Gasteiger partial charge < -0.3 is 15.9 Å². The topological polar surface area (TPSA) is 83.5 Å². The van der Waals surface area contributed by atoms with Gasteiger partial charge in [-0.2, -0.15) is 0 Å². The number of carbonyl (C=O) groups is 1. The molecule has 1 unspecified atom stereocenters. The number of unbranched alkanes of at least 4 members (excludes halogenated alkanes) is 8. The van der Waals surface area contributed by atoms with Gasteiger partial charge in [0.05, 0.1) is 6.10 Å². The predicted molar refractivity (Wildman–Crippen MR) is 89.4 cm³/mol. The number of aliphatic hydroxyl groups excluding tert-OH is 1. The van der Waals surface area contributed by atoms with Crippen LogP contribution in [0.3, 0.4) is 0 Å². The lowest BCUT2D eigenvalue weighted by Crippen LogP contribution is -2.43. The molecule has 0 saturated carbocycles. The van der Waals surface area contributed by atoms with Crippen LogP contribution < -0.4 is 5.73 Å². The maximum absolute atomic E-state index is 10.2. The number of rotatable bonds is 11. The quantitative estimate of drug-likeness (QED) is 0.502. The van der Waals surface area contributed by atoms with Crippen molar-refractivity contribution in [2.75, 3.05) is 0 Å². The maximum Gasteiger partial charge on any atom is 0.303 e. The summed E-state index contributed by atoms with van der Waals surface area (Å²) in [6.07, 6.45) is 11.1. The monoisotopic (exact) mass is 303 g/mol. The highest BCUT2D eigenvalue weighted by molar-refractivity contribution is 5.66. The Bertz CT molecular complexity index is 235. The molecule has 4 N–H and O–H groups in total. The Morgan fingerprint density at radius 3 is 1.62 bits per heavy atom. The van der Waals surface area contributed by atoms with Crippen LogP contribution in [0.25, 0.3) is 0 Å². The van der Waals surface area contributed by atoms with Crippen molar-refractivity contribution < 1.29 is 15.0 Å².